The molecule has 2 N–H and O–H groups in total. The van der Waals surface area contributed by atoms with Gasteiger partial charge in [-0.15, -0.1) is 0 Å². The summed E-state index contributed by atoms with van der Waals surface area (Å²) in [5, 5.41) is 5.04. The first-order valence-electron chi connectivity index (χ1n) is 9.29. The van der Waals surface area contributed by atoms with Crippen molar-refractivity contribution in [1.82, 2.24) is 5.32 Å². The fourth-order valence-electron chi connectivity index (χ4n) is 3.03. The topological polar surface area (TPSA) is 67.4 Å². The molecule has 0 atom stereocenters. The molecule has 31 heavy (non-hydrogen) atoms. The number of imide groups is 1. The Morgan fingerprint density at radius 3 is 2.13 bits per heavy atom. The van der Waals surface area contributed by atoms with E-state index in [2.05, 4.69) is 5.32 Å². The van der Waals surface area contributed by atoms with Gasteiger partial charge < -0.3 is 10.1 Å². The van der Waals surface area contributed by atoms with Gasteiger partial charge in [-0.05, 0) is 66.9 Å². The normalized spacial score (nSPS) is 10.5. The Balaban J connectivity index is 1.66. The van der Waals surface area contributed by atoms with E-state index in [1.54, 1.807) is 24.3 Å². The van der Waals surface area contributed by atoms with Crippen molar-refractivity contribution in [1.29, 1.82) is 0 Å². The molecule has 0 bridgehead atoms. The minimum atomic E-state index is -1.18. The lowest BCUT2D eigenvalue weighted by Crippen LogP contribution is -2.35. The SMILES string of the molecule is Cc1cc(NC(=O)NC(=O)c2c(F)cccc2F)cc(C)c1OCc1ccc(Cl)cc1. The average molecular weight is 445 g/mol. The van der Waals surface area contributed by atoms with Crippen LogP contribution in [0, 0.1) is 25.5 Å². The van der Waals surface area contributed by atoms with Crippen LogP contribution < -0.4 is 15.4 Å². The van der Waals surface area contributed by atoms with E-state index in [1.165, 1.54) is 0 Å². The molecular formula is C23H19ClF2N2O3. The Kier molecular flexibility index (Phi) is 6.87. The smallest absolute Gasteiger partial charge is 0.326 e. The summed E-state index contributed by atoms with van der Waals surface area (Å²) in [5.41, 5.74) is 2.04. The molecule has 0 unspecified atom stereocenters. The zero-order chi connectivity index (χ0) is 22.5. The van der Waals surface area contributed by atoms with E-state index in [-0.39, 0.29) is 0 Å². The number of carbonyl (C=O) groups is 2. The summed E-state index contributed by atoms with van der Waals surface area (Å²) < 4.78 is 33.3. The first kappa shape index (κ1) is 22.2. The molecule has 160 valence electrons. The molecule has 0 fully saturated rings. The van der Waals surface area contributed by atoms with Gasteiger partial charge in [0.25, 0.3) is 5.91 Å². The van der Waals surface area contributed by atoms with E-state index in [0.29, 0.717) is 23.1 Å². The number of carbonyl (C=O) groups excluding carboxylic acids is 2. The molecule has 0 aliphatic rings. The molecule has 0 aliphatic heterocycles. The molecule has 0 aliphatic carbocycles. The Labute approximate surface area is 183 Å². The first-order chi connectivity index (χ1) is 14.7. The van der Waals surface area contributed by atoms with Gasteiger partial charge in [-0.2, -0.15) is 0 Å². The zero-order valence-corrected chi connectivity index (χ0v) is 17.5. The second kappa shape index (κ2) is 9.57. The van der Waals surface area contributed by atoms with Crippen LogP contribution in [-0.4, -0.2) is 11.9 Å². The molecule has 3 aromatic carbocycles. The van der Waals surface area contributed by atoms with Crippen molar-refractivity contribution in [3.8, 4) is 5.75 Å². The van der Waals surface area contributed by atoms with Crippen molar-refractivity contribution in [3.05, 3.63) is 93.5 Å². The number of hydrogen-bond donors (Lipinski definition) is 2. The maximum atomic E-state index is 13.7. The van der Waals surface area contributed by atoms with Crippen molar-refractivity contribution in [2.45, 2.75) is 20.5 Å². The highest BCUT2D eigenvalue weighted by atomic mass is 35.5. The van der Waals surface area contributed by atoms with E-state index < -0.39 is 29.1 Å². The number of halogens is 3. The van der Waals surface area contributed by atoms with Gasteiger partial charge in [0.1, 0.15) is 29.6 Å². The number of hydrogen-bond acceptors (Lipinski definition) is 3. The van der Waals surface area contributed by atoms with Crippen LogP contribution in [0.4, 0.5) is 19.3 Å². The number of benzene rings is 3. The van der Waals surface area contributed by atoms with Crippen molar-refractivity contribution < 1.29 is 23.1 Å². The third kappa shape index (κ3) is 5.58. The molecule has 0 heterocycles. The van der Waals surface area contributed by atoms with Crippen LogP contribution in [0.2, 0.25) is 5.02 Å². The van der Waals surface area contributed by atoms with Crippen LogP contribution in [0.5, 0.6) is 5.75 Å². The largest absolute Gasteiger partial charge is 0.488 e. The molecule has 0 saturated heterocycles. The third-order valence-corrected chi connectivity index (χ3v) is 4.68. The summed E-state index contributed by atoms with van der Waals surface area (Å²) >= 11 is 5.88. The van der Waals surface area contributed by atoms with Crippen LogP contribution in [-0.2, 0) is 6.61 Å². The number of urea groups is 1. The van der Waals surface area contributed by atoms with Crippen molar-refractivity contribution in [2.75, 3.05) is 5.32 Å². The minimum absolute atomic E-state index is 0.342. The van der Waals surface area contributed by atoms with E-state index in [9.17, 15) is 18.4 Å². The molecule has 5 nitrogen and oxygen atoms in total. The highest BCUT2D eigenvalue weighted by molar-refractivity contribution is 6.30. The number of rotatable bonds is 5. The molecule has 0 radical (unpaired) electrons. The van der Waals surface area contributed by atoms with Crippen LogP contribution >= 0.6 is 11.6 Å². The van der Waals surface area contributed by atoms with Crippen LogP contribution in [0.1, 0.15) is 27.0 Å². The maximum Gasteiger partial charge on any atom is 0.326 e. The second-order valence-corrected chi connectivity index (χ2v) is 7.30. The molecule has 3 amide bonds. The summed E-state index contributed by atoms with van der Waals surface area (Å²) in [4.78, 5) is 24.2. The third-order valence-electron chi connectivity index (χ3n) is 4.43. The van der Waals surface area contributed by atoms with Gasteiger partial charge in [0.15, 0.2) is 0 Å². The average Bonchev–Trinajstić information content (AvgIpc) is 2.68. The lowest BCUT2D eigenvalue weighted by atomic mass is 10.1. The second-order valence-electron chi connectivity index (χ2n) is 6.86. The Morgan fingerprint density at radius 1 is 0.968 bits per heavy atom. The zero-order valence-electron chi connectivity index (χ0n) is 16.8. The molecule has 0 spiro atoms. The van der Waals surface area contributed by atoms with Gasteiger partial charge in [-0.3, -0.25) is 10.1 Å². The van der Waals surface area contributed by atoms with Gasteiger partial charge in [0, 0.05) is 10.7 Å². The summed E-state index contributed by atoms with van der Waals surface area (Å²) in [6, 6.07) is 12.7. The molecule has 3 rings (SSSR count). The lowest BCUT2D eigenvalue weighted by Gasteiger charge is -2.15. The molecule has 3 aromatic rings. The minimum Gasteiger partial charge on any atom is -0.488 e. The highest BCUT2D eigenvalue weighted by Gasteiger charge is 2.19. The monoisotopic (exact) mass is 444 g/mol. The molecule has 0 aromatic heterocycles. The van der Waals surface area contributed by atoms with Gasteiger partial charge in [0.2, 0.25) is 0 Å². The number of amides is 3. The fraction of sp³-hybridized carbons (Fsp3) is 0.130. The standard InChI is InChI=1S/C23H19ClF2N2O3/c1-13-10-17(11-14(2)21(13)31-12-15-6-8-16(24)9-7-15)27-23(30)28-22(29)20-18(25)4-3-5-19(20)26/h3-11H,12H2,1-2H3,(H2,27,28,29,30). The Bertz CT molecular complexity index is 1090. The number of ether oxygens (including phenoxy) is 1. The van der Waals surface area contributed by atoms with Gasteiger partial charge in [-0.25, -0.2) is 13.6 Å². The van der Waals surface area contributed by atoms with Crippen molar-refractivity contribution in [2.24, 2.45) is 0 Å². The quantitative estimate of drug-likeness (QED) is 0.524. The van der Waals surface area contributed by atoms with E-state index >= 15 is 0 Å². The number of aryl methyl sites for hydroxylation is 2. The predicted octanol–water partition coefficient (Wildman–Crippen LogP) is 5.78. The maximum absolute atomic E-state index is 13.7. The van der Waals surface area contributed by atoms with Crippen molar-refractivity contribution in [3.63, 3.8) is 0 Å². The number of nitrogens with one attached hydrogen (secondary N) is 2. The number of anilines is 1. The van der Waals surface area contributed by atoms with Crippen LogP contribution in [0.15, 0.2) is 54.6 Å². The van der Waals surface area contributed by atoms with Crippen LogP contribution in [0.3, 0.4) is 0 Å². The molecular weight excluding hydrogens is 426 g/mol. The summed E-state index contributed by atoms with van der Waals surface area (Å²) in [7, 11) is 0. The van der Waals surface area contributed by atoms with Gasteiger partial charge in [-0.1, -0.05) is 29.8 Å². The van der Waals surface area contributed by atoms with E-state index in [1.807, 2.05) is 31.3 Å². The Hall–Kier alpha value is -3.45. The lowest BCUT2D eigenvalue weighted by molar-refractivity contribution is 0.0959. The first-order valence-corrected chi connectivity index (χ1v) is 9.67. The summed E-state index contributed by atoms with van der Waals surface area (Å²) in [6.45, 7) is 3.97. The highest BCUT2D eigenvalue weighted by Crippen LogP contribution is 2.28. The fourth-order valence-corrected chi connectivity index (χ4v) is 3.15. The van der Waals surface area contributed by atoms with Crippen LogP contribution in [0.25, 0.3) is 0 Å². The summed E-state index contributed by atoms with van der Waals surface area (Å²) in [6.07, 6.45) is 0. The van der Waals surface area contributed by atoms with Gasteiger partial charge in [0.05, 0.1) is 0 Å². The van der Waals surface area contributed by atoms with E-state index in [0.717, 1.165) is 34.9 Å². The molecule has 0 saturated carbocycles. The Morgan fingerprint density at radius 2 is 1.55 bits per heavy atom. The molecule has 8 heteroatoms. The van der Waals surface area contributed by atoms with E-state index in [4.69, 9.17) is 16.3 Å². The summed E-state index contributed by atoms with van der Waals surface area (Å²) in [5.74, 6) is -2.63. The predicted molar refractivity (Wildman–Crippen MR) is 115 cm³/mol. The van der Waals surface area contributed by atoms with Crippen molar-refractivity contribution >= 4 is 29.2 Å². The van der Waals surface area contributed by atoms with Gasteiger partial charge >= 0.3 is 6.03 Å².